The standard InChI is InChI=1S/C10H14N2O2/c1-4-8(10(13)14-3)5-9-6-11-12-7(9)2/h5-6H,4H2,1-3H3,(H,11,12)/b8-5+. The van der Waals surface area contributed by atoms with Crippen LogP contribution < -0.4 is 0 Å². The van der Waals surface area contributed by atoms with E-state index in [1.54, 1.807) is 12.3 Å². The molecular weight excluding hydrogens is 180 g/mol. The molecule has 1 rings (SSSR count). The smallest absolute Gasteiger partial charge is 0.333 e. The normalized spacial score (nSPS) is 11.5. The summed E-state index contributed by atoms with van der Waals surface area (Å²) < 4.78 is 4.65. The summed E-state index contributed by atoms with van der Waals surface area (Å²) >= 11 is 0. The number of rotatable bonds is 3. The Balaban J connectivity index is 2.95. The maximum absolute atomic E-state index is 11.3. The van der Waals surface area contributed by atoms with Crippen molar-refractivity contribution in [2.45, 2.75) is 20.3 Å². The number of ether oxygens (including phenoxy) is 1. The lowest BCUT2D eigenvalue weighted by atomic mass is 10.1. The number of aromatic nitrogens is 2. The molecule has 4 nitrogen and oxygen atoms in total. The molecule has 0 saturated heterocycles. The summed E-state index contributed by atoms with van der Waals surface area (Å²) in [6, 6.07) is 0. The molecule has 1 aromatic rings. The third-order valence-corrected chi connectivity index (χ3v) is 2.03. The van der Waals surface area contributed by atoms with Crippen molar-refractivity contribution in [2.24, 2.45) is 0 Å². The molecule has 0 fully saturated rings. The zero-order valence-electron chi connectivity index (χ0n) is 8.63. The Morgan fingerprint density at radius 1 is 1.71 bits per heavy atom. The van der Waals surface area contributed by atoms with Gasteiger partial charge in [0.25, 0.3) is 0 Å². The summed E-state index contributed by atoms with van der Waals surface area (Å²) in [4.78, 5) is 11.3. The third-order valence-electron chi connectivity index (χ3n) is 2.03. The predicted octanol–water partition coefficient (Wildman–Crippen LogP) is 1.68. The topological polar surface area (TPSA) is 55.0 Å². The van der Waals surface area contributed by atoms with Crippen molar-refractivity contribution in [3.05, 3.63) is 23.0 Å². The van der Waals surface area contributed by atoms with Crippen molar-refractivity contribution in [3.63, 3.8) is 0 Å². The van der Waals surface area contributed by atoms with Crippen LogP contribution in [0.5, 0.6) is 0 Å². The van der Waals surface area contributed by atoms with Gasteiger partial charge in [-0.2, -0.15) is 5.10 Å². The zero-order chi connectivity index (χ0) is 10.6. The third kappa shape index (κ3) is 2.22. The van der Waals surface area contributed by atoms with Gasteiger partial charge in [-0.15, -0.1) is 0 Å². The molecule has 1 aromatic heterocycles. The van der Waals surface area contributed by atoms with E-state index in [0.717, 1.165) is 11.3 Å². The molecule has 0 bridgehead atoms. The van der Waals surface area contributed by atoms with Gasteiger partial charge in [0.1, 0.15) is 0 Å². The van der Waals surface area contributed by atoms with Crippen LogP contribution >= 0.6 is 0 Å². The first-order valence-electron chi connectivity index (χ1n) is 4.47. The van der Waals surface area contributed by atoms with E-state index in [-0.39, 0.29) is 5.97 Å². The second kappa shape index (κ2) is 4.60. The molecule has 1 N–H and O–H groups in total. The van der Waals surface area contributed by atoms with Crippen LogP contribution in [-0.2, 0) is 9.53 Å². The Kier molecular flexibility index (Phi) is 3.45. The van der Waals surface area contributed by atoms with Crippen molar-refractivity contribution >= 4 is 12.0 Å². The molecule has 0 aromatic carbocycles. The van der Waals surface area contributed by atoms with Crippen LogP contribution in [0.1, 0.15) is 24.6 Å². The molecule has 0 aliphatic carbocycles. The van der Waals surface area contributed by atoms with E-state index in [2.05, 4.69) is 14.9 Å². The van der Waals surface area contributed by atoms with Crippen LogP contribution in [-0.4, -0.2) is 23.3 Å². The van der Waals surface area contributed by atoms with E-state index < -0.39 is 0 Å². The van der Waals surface area contributed by atoms with Crippen LogP contribution in [0.3, 0.4) is 0 Å². The SMILES string of the molecule is CC/C(=C\c1cn[nH]c1C)C(=O)OC. The number of hydrogen-bond donors (Lipinski definition) is 1. The summed E-state index contributed by atoms with van der Waals surface area (Å²) in [5, 5.41) is 6.68. The molecule has 0 amide bonds. The Hall–Kier alpha value is -1.58. The number of esters is 1. The van der Waals surface area contributed by atoms with Gasteiger partial charge < -0.3 is 4.74 Å². The molecule has 76 valence electrons. The summed E-state index contributed by atoms with van der Waals surface area (Å²) in [5.74, 6) is -0.284. The molecule has 4 heteroatoms. The summed E-state index contributed by atoms with van der Waals surface area (Å²) in [6.45, 7) is 3.82. The quantitative estimate of drug-likeness (QED) is 0.588. The zero-order valence-corrected chi connectivity index (χ0v) is 8.63. The second-order valence-corrected chi connectivity index (χ2v) is 2.97. The lowest BCUT2D eigenvalue weighted by Gasteiger charge is -2.01. The van der Waals surface area contributed by atoms with E-state index >= 15 is 0 Å². The average Bonchev–Trinajstić information content (AvgIpc) is 2.59. The van der Waals surface area contributed by atoms with Crippen LogP contribution in [0.4, 0.5) is 0 Å². The first kappa shape index (κ1) is 10.5. The van der Waals surface area contributed by atoms with Crippen LogP contribution in [0.25, 0.3) is 6.08 Å². The lowest BCUT2D eigenvalue weighted by Crippen LogP contribution is -2.03. The fourth-order valence-electron chi connectivity index (χ4n) is 1.13. The van der Waals surface area contributed by atoms with Crippen LogP contribution in [0, 0.1) is 6.92 Å². The molecule has 0 aliphatic heterocycles. The molecule has 1 heterocycles. The van der Waals surface area contributed by atoms with Gasteiger partial charge in [0.15, 0.2) is 0 Å². The monoisotopic (exact) mass is 194 g/mol. The predicted molar refractivity (Wildman–Crippen MR) is 53.6 cm³/mol. The fraction of sp³-hybridized carbons (Fsp3) is 0.400. The Morgan fingerprint density at radius 3 is 2.86 bits per heavy atom. The molecule has 0 saturated carbocycles. The fourth-order valence-corrected chi connectivity index (χ4v) is 1.13. The van der Waals surface area contributed by atoms with Gasteiger partial charge in [-0.1, -0.05) is 6.92 Å². The molecule has 14 heavy (non-hydrogen) atoms. The maximum Gasteiger partial charge on any atom is 0.333 e. The number of H-pyrrole nitrogens is 1. The number of methoxy groups -OCH3 is 1. The number of aromatic amines is 1. The molecule has 0 atom stereocenters. The van der Waals surface area contributed by atoms with E-state index in [1.165, 1.54) is 7.11 Å². The van der Waals surface area contributed by atoms with Crippen LogP contribution in [0.15, 0.2) is 11.8 Å². The molecule has 0 unspecified atom stereocenters. The maximum atomic E-state index is 11.3. The summed E-state index contributed by atoms with van der Waals surface area (Å²) in [5.41, 5.74) is 2.52. The van der Waals surface area contributed by atoms with E-state index in [1.807, 2.05) is 13.8 Å². The van der Waals surface area contributed by atoms with Crippen molar-refractivity contribution in [2.75, 3.05) is 7.11 Å². The molecule has 0 aliphatic rings. The van der Waals surface area contributed by atoms with Gasteiger partial charge >= 0.3 is 5.97 Å². The van der Waals surface area contributed by atoms with Crippen LogP contribution in [0.2, 0.25) is 0 Å². The van der Waals surface area contributed by atoms with Gasteiger partial charge in [0, 0.05) is 16.8 Å². The van der Waals surface area contributed by atoms with Gasteiger partial charge in [-0.05, 0) is 19.4 Å². The first-order valence-corrected chi connectivity index (χ1v) is 4.47. The Labute approximate surface area is 83.0 Å². The first-order chi connectivity index (χ1) is 6.69. The number of hydrogen-bond acceptors (Lipinski definition) is 3. The van der Waals surface area contributed by atoms with Gasteiger partial charge in [-0.25, -0.2) is 4.79 Å². The minimum Gasteiger partial charge on any atom is -0.466 e. The molecule has 0 spiro atoms. The number of carbonyl (C=O) groups is 1. The number of aryl methyl sites for hydroxylation is 1. The minimum atomic E-state index is -0.284. The molecule has 0 radical (unpaired) electrons. The Bertz CT molecular complexity index is 353. The van der Waals surface area contributed by atoms with Crippen molar-refractivity contribution in [3.8, 4) is 0 Å². The summed E-state index contributed by atoms with van der Waals surface area (Å²) in [6.07, 6.45) is 4.13. The number of nitrogens with one attached hydrogen (secondary N) is 1. The molecular formula is C10H14N2O2. The van der Waals surface area contributed by atoms with Gasteiger partial charge in [-0.3, -0.25) is 5.10 Å². The summed E-state index contributed by atoms with van der Waals surface area (Å²) in [7, 11) is 1.38. The minimum absolute atomic E-state index is 0.284. The highest BCUT2D eigenvalue weighted by Crippen LogP contribution is 2.12. The van der Waals surface area contributed by atoms with E-state index in [4.69, 9.17) is 0 Å². The van der Waals surface area contributed by atoms with E-state index in [0.29, 0.717) is 12.0 Å². The highest BCUT2D eigenvalue weighted by molar-refractivity contribution is 5.93. The lowest BCUT2D eigenvalue weighted by molar-refractivity contribution is -0.136. The van der Waals surface area contributed by atoms with Gasteiger partial charge in [0.2, 0.25) is 0 Å². The number of carbonyl (C=O) groups excluding carboxylic acids is 1. The largest absolute Gasteiger partial charge is 0.466 e. The number of nitrogens with zero attached hydrogens (tertiary/aromatic N) is 1. The van der Waals surface area contributed by atoms with Crippen molar-refractivity contribution in [1.82, 2.24) is 10.2 Å². The highest BCUT2D eigenvalue weighted by Gasteiger charge is 2.08. The second-order valence-electron chi connectivity index (χ2n) is 2.97. The van der Waals surface area contributed by atoms with Gasteiger partial charge in [0.05, 0.1) is 13.3 Å². The van der Waals surface area contributed by atoms with Crippen molar-refractivity contribution < 1.29 is 9.53 Å². The Morgan fingerprint density at radius 2 is 2.43 bits per heavy atom. The highest BCUT2D eigenvalue weighted by atomic mass is 16.5. The van der Waals surface area contributed by atoms with Crippen molar-refractivity contribution in [1.29, 1.82) is 0 Å². The van der Waals surface area contributed by atoms with E-state index in [9.17, 15) is 4.79 Å². The average molecular weight is 194 g/mol.